The predicted molar refractivity (Wildman–Crippen MR) is 130 cm³/mol. The van der Waals surface area contributed by atoms with E-state index >= 15 is 0 Å². The minimum atomic E-state index is -0.839. The fourth-order valence-corrected chi connectivity index (χ4v) is 4.62. The summed E-state index contributed by atoms with van der Waals surface area (Å²) in [5, 5.41) is 15.7. The standard InChI is InChI=1S/C27H32N2O3/c1-3-15-32-26-12-11-23(16-21(26)17-27(30)31)29-14-13-22(18-29)28-19(2)24-10-6-8-20-7-4-5-9-25(20)24/h4-12,16,19,22,28H,3,13-15,17-18H2,1-2H3,(H,30,31)/t19-,22+/m1/s1. The molecule has 0 amide bonds. The quantitative estimate of drug-likeness (QED) is 0.488. The van der Waals surface area contributed by atoms with Crippen molar-refractivity contribution in [2.75, 3.05) is 24.6 Å². The number of anilines is 1. The summed E-state index contributed by atoms with van der Waals surface area (Å²) in [6.45, 7) is 6.71. The van der Waals surface area contributed by atoms with E-state index in [1.807, 2.05) is 25.1 Å². The molecule has 4 rings (SSSR count). The van der Waals surface area contributed by atoms with Crippen LogP contribution in [0.5, 0.6) is 5.75 Å². The van der Waals surface area contributed by atoms with Crippen molar-refractivity contribution in [3.05, 3.63) is 71.8 Å². The van der Waals surface area contributed by atoms with Crippen LogP contribution in [-0.2, 0) is 11.2 Å². The molecule has 2 N–H and O–H groups in total. The van der Waals surface area contributed by atoms with Gasteiger partial charge in [0.1, 0.15) is 5.75 Å². The summed E-state index contributed by atoms with van der Waals surface area (Å²) in [4.78, 5) is 13.7. The monoisotopic (exact) mass is 432 g/mol. The van der Waals surface area contributed by atoms with Gasteiger partial charge in [-0.1, -0.05) is 49.4 Å². The topological polar surface area (TPSA) is 61.8 Å². The van der Waals surface area contributed by atoms with E-state index in [0.29, 0.717) is 18.4 Å². The highest BCUT2D eigenvalue weighted by Crippen LogP contribution is 2.30. The van der Waals surface area contributed by atoms with E-state index < -0.39 is 5.97 Å². The van der Waals surface area contributed by atoms with Gasteiger partial charge in [-0.05, 0) is 54.3 Å². The first-order valence-corrected chi connectivity index (χ1v) is 11.5. The Bertz CT molecular complexity index is 1080. The lowest BCUT2D eigenvalue weighted by atomic mass is 9.99. The van der Waals surface area contributed by atoms with Crippen LogP contribution < -0.4 is 15.0 Å². The van der Waals surface area contributed by atoms with E-state index in [1.165, 1.54) is 16.3 Å². The van der Waals surface area contributed by atoms with Gasteiger partial charge in [0.2, 0.25) is 0 Å². The van der Waals surface area contributed by atoms with Gasteiger partial charge in [0.15, 0.2) is 0 Å². The Morgan fingerprint density at radius 2 is 2.00 bits per heavy atom. The van der Waals surface area contributed by atoms with Crippen LogP contribution >= 0.6 is 0 Å². The van der Waals surface area contributed by atoms with E-state index in [9.17, 15) is 9.90 Å². The largest absolute Gasteiger partial charge is 0.493 e. The number of aliphatic carboxylic acids is 1. The Morgan fingerprint density at radius 1 is 1.19 bits per heavy atom. The SMILES string of the molecule is CCCOc1ccc(N2CC[C@H](N[C@H](C)c3cccc4ccccc34)C2)cc1CC(=O)O. The second-order valence-electron chi connectivity index (χ2n) is 8.60. The first-order valence-electron chi connectivity index (χ1n) is 11.5. The van der Waals surface area contributed by atoms with Crippen molar-refractivity contribution < 1.29 is 14.6 Å². The number of nitrogens with one attached hydrogen (secondary N) is 1. The maximum Gasteiger partial charge on any atom is 0.307 e. The lowest BCUT2D eigenvalue weighted by Crippen LogP contribution is -2.34. The Balaban J connectivity index is 1.45. The van der Waals surface area contributed by atoms with Gasteiger partial charge in [0.25, 0.3) is 0 Å². The lowest BCUT2D eigenvalue weighted by molar-refractivity contribution is -0.136. The average molecular weight is 433 g/mol. The fourth-order valence-electron chi connectivity index (χ4n) is 4.62. The molecule has 3 aromatic carbocycles. The van der Waals surface area contributed by atoms with E-state index in [4.69, 9.17) is 4.74 Å². The number of carboxylic acids is 1. The molecule has 0 aliphatic carbocycles. The molecule has 1 saturated heterocycles. The van der Waals surface area contributed by atoms with Crippen LogP contribution in [0.25, 0.3) is 10.8 Å². The summed E-state index contributed by atoms with van der Waals surface area (Å²) in [7, 11) is 0. The summed E-state index contributed by atoms with van der Waals surface area (Å²) in [6, 6.07) is 21.6. The molecule has 0 spiro atoms. The zero-order valence-corrected chi connectivity index (χ0v) is 18.9. The van der Waals surface area contributed by atoms with E-state index in [-0.39, 0.29) is 12.5 Å². The molecule has 1 aliphatic rings. The van der Waals surface area contributed by atoms with Gasteiger partial charge in [0, 0.05) is 36.4 Å². The summed E-state index contributed by atoms with van der Waals surface area (Å²) in [6.07, 6.45) is 1.92. The van der Waals surface area contributed by atoms with Gasteiger partial charge in [-0.15, -0.1) is 0 Å². The van der Waals surface area contributed by atoms with Crippen molar-refractivity contribution in [3.8, 4) is 5.75 Å². The maximum atomic E-state index is 11.3. The third-order valence-electron chi connectivity index (χ3n) is 6.18. The van der Waals surface area contributed by atoms with Crippen molar-refractivity contribution in [3.63, 3.8) is 0 Å². The average Bonchev–Trinajstić information content (AvgIpc) is 3.26. The lowest BCUT2D eigenvalue weighted by Gasteiger charge is -2.23. The third kappa shape index (κ3) is 5.05. The number of benzene rings is 3. The smallest absolute Gasteiger partial charge is 0.307 e. The summed E-state index contributed by atoms with van der Waals surface area (Å²) in [5.41, 5.74) is 3.12. The van der Waals surface area contributed by atoms with Crippen LogP contribution in [0.1, 0.15) is 43.9 Å². The molecule has 1 heterocycles. The molecule has 32 heavy (non-hydrogen) atoms. The number of fused-ring (bicyclic) bond motifs is 1. The van der Waals surface area contributed by atoms with Crippen molar-refractivity contribution in [2.24, 2.45) is 0 Å². The number of hydrogen-bond acceptors (Lipinski definition) is 4. The van der Waals surface area contributed by atoms with Crippen LogP contribution in [0.3, 0.4) is 0 Å². The van der Waals surface area contributed by atoms with E-state index in [1.54, 1.807) is 0 Å². The molecule has 0 unspecified atom stereocenters. The van der Waals surface area contributed by atoms with Crippen molar-refractivity contribution >= 4 is 22.4 Å². The molecular formula is C27H32N2O3. The molecule has 5 nitrogen and oxygen atoms in total. The second-order valence-corrected chi connectivity index (χ2v) is 8.60. The summed E-state index contributed by atoms with van der Waals surface area (Å²) >= 11 is 0. The fraction of sp³-hybridized carbons (Fsp3) is 0.370. The van der Waals surface area contributed by atoms with Crippen LogP contribution in [0.2, 0.25) is 0 Å². The molecule has 168 valence electrons. The van der Waals surface area contributed by atoms with Crippen LogP contribution in [0, 0.1) is 0 Å². The summed E-state index contributed by atoms with van der Waals surface area (Å²) in [5.74, 6) is -0.162. The van der Waals surface area contributed by atoms with E-state index in [0.717, 1.165) is 37.2 Å². The van der Waals surface area contributed by atoms with Crippen LogP contribution in [0.15, 0.2) is 60.7 Å². The Labute approximate surface area is 190 Å². The predicted octanol–water partition coefficient (Wildman–Crippen LogP) is 5.19. The van der Waals surface area contributed by atoms with Gasteiger partial charge in [-0.3, -0.25) is 4.79 Å². The van der Waals surface area contributed by atoms with E-state index in [2.05, 4.69) is 59.6 Å². The first-order chi connectivity index (χ1) is 15.5. The molecule has 3 aromatic rings. The minimum absolute atomic E-state index is 0.0273. The molecule has 1 fully saturated rings. The second kappa shape index (κ2) is 10.0. The molecule has 1 aliphatic heterocycles. The number of carboxylic acid groups (broad SMARTS) is 1. The van der Waals surface area contributed by atoms with Crippen molar-refractivity contribution in [2.45, 2.75) is 45.2 Å². The van der Waals surface area contributed by atoms with Gasteiger partial charge >= 0.3 is 5.97 Å². The first kappa shape index (κ1) is 22.2. The van der Waals surface area contributed by atoms with Gasteiger partial charge in [-0.25, -0.2) is 0 Å². The maximum absolute atomic E-state index is 11.3. The molecule has 0 saturated carbocycles. The Morgan fingerprint density at radius 3 is 2.81 bits per heavy atom. The normalized spacial score (nSPS) is 16.9. The highest BCUT2D eigenvalue weighted by molar-refractivity contribution is 5.86. The molecule has 0 radical (unpaired) electrons. The molecule has 5 heteroatoms. The zero-order chi connectivity index (χ0) is 22.5. The summed E-state index contributed by atoms with van der Waals surface area (Å²) < 4.78 is 5.77. The molecule has 0 aromatic heterocycles. The van der Waals surface area contributed by atoms with Gasteiger partial charge in [-0.2, -0.15) is 0 Å². The zero-order valence-electron chi connectivity index (χ0n) is 18.9. The number of rotatable bonds is 9. The molecule has 0 bridgehead atoms. The van der Waals surface area contributed by atoms with Crippen molar-refractivity contribution in [1.82, 2.24) is 5.32 Å². The van der Waals surface area contributed by atoms with Crippen LogP contribution in [0.4, 0.5) is 5.69 Å². The number of carbonyl (C=O) groups is 1. The Kier molecular flexibility index (Phi) is 6.96. The minimum Gasteiger partial charge on any atom is -0.493 e. The highest BCUT2D eigenvalue weighted by Gasteiger charge is 2.25. The van der Waals surface area contributed by atoms with Gasteiger partial charge in [0.05, 0.1) is 13.0 Å². The molecular weight excluding hydrogens is 400 g/mol. The number of ether oxygens (including phenoxy) is 1. The third-order valence-corrected chi connectivity index (χ3v) is 6.18. The highest BCUT2D eigenvalue weighted by atomic mass is 16.5. The number of nitrogens with zero attached hydrogens (tertiary/aromatic N) is 1. The van der Waals surface area contributed by atoms with Gasteiger partial charge < -0.3 is 20.1 Å². The molecule has 2 atom stereocenters. The number of hydrogen-bond donors (Lipinski definition) is 2. The van der Waals surface area contributed by atoms with Crippen LogP contribution in [-0.4, -0.2) is 36.8 Å². The Hall–Kier alpha value is -3.05. The van der Waals surface area contributed by atoms with Crippen molar-refractivity contribution in [1.29, 1.82) is 0 Å².